The molecule has 0 bridgehead atoms. The molecule has 1 aromatic carbocycles. The predicted octanol–water partition coefficient (Wildman–Crippen LogP) is 5.85. The van der Waals surface area contributed by atoms with E-state index in [0.717, 1.165) is 0 Å². The van der Waals surface area contributed by atoms with Gasteiger partial charge in [-0.05, 0) is 31.9 Å². The first-order chi connectivity index (χ1) is 9.43. The van der Waals surface area contributed by atoms with Crippen LogP contribution in [0.3, 0.4) is 0 Å². The van der Waals surface area contributed by atoms with Crippen LogP contribution in [-0.4, -0.2) is 16.1 Å². The largest absolute Gasteiger partial charge is 0.0812 e. The van der Waals surface area contributed by atoms with E-state index in [1.807, 2.05) is 0 Å². The summed E-state index contributed by atoms with van der Waals surface area (Å²) < 4.78 is 0. The third kappa shape index (κ3) is 5.12. The van der Waals surface area contributed by atoms with Gasteiger partial charge in [-0.15, -0.1) is 0 Å². The molecule has 1 aromatic rings. The maximum Gasteiger partial charge on any atom is 0.0775 e. The van der Waals surface area contributed by atoms with Gasteiger partial charge in [-0.3, -0.25) is 0 Å². The molecule has 0 unspecified atom stereocenters. The van der Waals surface area contributed by atoms with E-state index in [9.17, 15) is 0 Å². The number of hydrogen-bond acceptors (Lipinski definition) is 0. The fourth-order valence-electron chi connectivity index (χ4n) is 2.34. The van der Waals surface area contributed by atoms with Crippen LogP contribution in [-0.2, 0) is 0 Å². The van der Waals surface area contributed by atoms with Crippen molar-refractivity contribution in [1.29, 1.82) is 0 Å². The first-order valence-electron chi connectivity index (χ1n) is 7.90. The molecule has 1 rings (SSSR count). The zero-order valence-corrected chi connectivity index (χ0v) is 17.4. The molecule has 0 spiro atoms. The fraction of sp³-hybridized carbons (Fsp3) is 0.474. The fourth-order valence-corrected chi connectivity index (χ4v) is 4.76. The van der Waals surface area contributed by atoms with Crippen LogP contribution in [0.2, 0.25) is 39.3 Å². The van der Waals surface area contributed by atoms with Crippen LogP contribution in [0, 0.1) is 0 Å². The number of rotatable bonds is 4. The summed E-state index contributed by atoms with van der Waals surface area (Å²) in [5.41, 5.74) is 4.16. The number of hydrogen-bond donors (Lipinski definition) is 0. The molecule has 0 aliphatic rings. The molecule has 0 saturated carbocycles. The van der Waals surface area contributed by atoms with Gasteiger partial charge in [0.05, 0.1) is 16.1 Å². The Morgan fingerprint density at radius 3 is 1.67 bits per heavy atom. The van der Waals surface area contributed by atoms with Gasteiger partial charge in [-0.1, -0.05) is 85.6 Å². The highest BCUT2D eigenvalue weighted by Crippen LogP contribution is 2.22. The molecular formula is C19H32Si2. The maximum absolute atomic E-state index is 2.41. The van der Waals surface area contributed by atoms with Crippen LogP contribution in [0.15, 0.2) is 41.1 Å². The first kappa shape index (κ1) is 18.2. The summed E-state index contributed by atoms with van der Waals surface area (Å²) in [6.45, 7) is 21.2. The van der Waals surface area contributed by atoms with E-state index in [2.05, 4.69) is 90.4 Å². The van der Waals surface area contributed by atoms with Crippen molar-refractivity contribution in [3.8, 4) is 0 Å². The summed E-state index contributed by atoms with van der Waals surface area (Å²) in [6.07, 6.45) is 2.36. The minimum atomic E-state index is -1.19. The van der Waals surface area contributed by atoms with E-state index in [0.29, 0.717) is 0 Å². The molecule has 0 radical (unpaired) electrons. The second-order valence-electron chi connectivity index (χ2n) is 8.21. The average molecular weight is 317 g/mol. The highest BCUT2D eigenvalue weighted by molar-refractivity contribution is 6.88. The molecule has 2 heteroatoms. The van der Waals surface area contributed by atoms with E-state index in [-0.39, 0.29) is 0 Å². The van der Waals surface area contributed by atoms with Gasteiger partial charge >= 0.3 is 0 Å². The third-order valence-corrected chi connectivity index (χ3v) is 9.07. The number of allylic oxidation sites excluding steroid dienone is 4. The van der Waals surface area contributed by atoms with Gasteiger partial charge in [0.15, 0.2) is 0 Å². The average Bonchev–Trinajstić information content (AvgIpc) is 2.35. The van der Waals surface area contributed by atoms with Crippen LogP contribution < -0.4 is 5.19 Å². The molecule has 21 heavy (non-hydrogen) atoms. The molecule has 0 saturated heterocycles. The summed E-state index contributed by atoms with van der Waals surface area (Å²) in [4.78, 5) is 0. The van der Waals surface area contributed by atoms with Crippen LogP contribution in [0.1, 0.15) is 26.3 Å². The summed E-state index contributed by atoms with van der Waals surface area (Å²) in [5, 5.41) is 3.13. The lowest BCUT2D eigenvalue weighted by molar-refractivity contribution is 1.38. The molecule has 0 aliphatic carbocycles. The Hall–Kier alpha value is -0.866. The zero-order valence-electron chi connectivity index (χ0n) is 15.4. The topological polar surface area (TPSA) is 0 Å². The molecule has 0 atom stereocenters. The van der Waals surface area contributed by atoms with Crippen LogP contribution >= 0.6 is 0 Å². The molecule has 0 nitrogen and oxygen atoms in total. The van der Waals surface area contributed by atoms with Gasteiger partial charge in [-0.25, -0.2) is 0 Å². The lowest BCUT2D eigenvalue weighted by atomic mass is 10.1. The smallest absolute Gasteiger partial charge is 0.0775 e. The molecule has 0 amide bonds. The Balaban J connectivity index is 3.09. The number of benzene rings is 1. The Morgan fingerprint density at radius 2 is 1.29 bits per heavy atom. The van der Waals surface area contributed by atoms with Crippen molar-refractivity contribution in [3.63, 3.8) is 0 Å². The van der Waals surface area contributed by atoms with Gasteiger partial charge in [0.1, 0.15) is 0 Å². The third-order valence-electron chi connectivity index (χ3n) is 4.36. The summed E-state index contributed by atoms with van der Waals surface area (Å²) in [7, 11) is -2.37. The van der Waals surface area contributed by atoms with Crippen molar-refractivity contribution in [2.75, 3.05) is 0 Å². The molecular weight excluding hydrogens is 284 g/mol. The Kier molecular flexibility index (Phi) is 5.62. The summed E-state index contributed by atoms with van der Waals surface area (Å²) >= 11 is 0. The van der Waals surface area contributed by atoms with Crippen molar-refractivity contribution in [2.24, 2.45) is 0 Å². The van der Waals surface area contributed by atoms with Gasteiger partial charge in [0.25, 0.3) is 0 Å². The van der Waals surface area contributed by atoms with Crippen molar-refractivity contribution in [2.45, 2.75) is 60.1 Å². The normalized spacial score (nSPS) is 15.0. The second kappa shape index (κ2) is 6.49. The van der Waals surface area contributed by atoms with Crippen molar-refractivity contribution in [3.05, 3.63) is 46.7 Å². The van der Waals surface area contributed by atoms with E-state index < -0.39 is 16.1 Å². The van der Waals surface area contributed by atoms with E-state index in [1.54, 1.807) is 5.20 Å². The standard InChI is InChI=1S/C19H32Si2/c1-15(17(3)20(4,5)6)14-16(2)18-10-12-19(13-11-18)21(7,8)9/h10-14H,1-9H3/b16-14-,17-15-. The summed E-state index contributed by atoms with van der Waals surface area (Å²) in [6, 6.07) is 9.22. The molecule has 0 aromatic heterocycles. The van der Waals surface area contributed by atoms with Gasteiger partial charge < -0.3 is 0 Å². The minimum absolute atomic E-state index is 1.18. The highest BCUT2D eigenvalue weighted by Gasteiger charge is 2.17. The maximum atomic E-state index is 2.41. The lowest BCUT2D eigenvalue weighted by Crippen LogP contribution is -2.37. The quantitative estimate of drug-likeness (QED) is 0.483. The van der Waals surface area contributed by atoms with Gasteiger partial charge in [0.2, 0.25) is 0 Å². The monoisotopic (exact) mass is 316 g/mol. The predicted molar refractivity (Wildman–Crippen MR) is 105 cm³/mol. The van der Waals surface area contributed by atoms with Crippen molar-refractivity contribution < 1.29 is 0 Å². The molecule has 0 fully saturated rings. The van der Waals surface area contributed by atoms with Crippen LogP contribution in [0.5, 0.6) is 0 Å². The highest BCUT2D eigenvalue weighted by atomic mass is 28.3. The van der Waals surface area contributed by atoms with Gasteiger partial charge in [-0.2, -0.15) is 0 Å². The minimum Gasteiger partial charge on any atom is -0.0812 e. The molecule has 0 heterocycles. The van der Waals surface area contributed by atoms with E-state index >= 15 is 0 Å². The molecule has 0 aliphatic heterocycles. The Bertz CT molecular complexity index is 547. The lowest BCUT2D eigenvalue weighted by Gasteiger charge is -2.20. The van der Waals surface area contributed by atoms with Crippen molar-refractivity contribution in [1.82, 2.24) is 0 Å². The van der Waals surface area contributed by atoms with Crippen molar-refractivity contribution >= 4 is 26.9 Å². The van der Waals surface area contributed by atoms with Crippen LogP contribution in [0.4, 0.5) is 0 Å². The zero-order chi connectivity index (χ0) is 16.4. The van der Waals surface area contributed by atoms with Gasteiger partial charge in [0, 0.05) is 0 Å². The summed E-state index contributed by atoms with van der Waals surface area (Å²) in [5.74, 6) is 0. The molecule has 0 N–H and O–H groups in total. The Morgan fingerprint density at radius 1 is 0.810 bits per heavy atom. The van der Waals surface area contributed by atoms with Crippen LogP contribution in [0.25, 0.3) is 5.57 Å². The first-order valence-corrected chi connectivity index (χ1v) is 14.9. The van der Waals surface area contributed by atoms with E-state index in [1.165, 1.54) is 21.9 Å². The SMILES string of the molecule is C/C(=C/C(C)=C(/C)[Si](C)(C)C)c1ccc([Si](C)(C)C)cc1. The Labute approximate surface area is 134 Å². The second-order valence-corrected chi connectivity index (χ2v) is 18.5. The van der Waals surface area contributed by atoms with E-state index in [4.69, 9.17) is 0 Å². The molecule has 116 valence electrons.